The first kappa shape index (κ1) is 14.7. The van der Waals surface area contributed by atoms with Gasteiger partial charge in [-0.05, 0) is 0 Å². The minimum Gasteiger partial charge on any atom is -0.383 e. The number of nitrogens with zero attached hydrogens (tertiary/aromatic N) is 3. The molecule has 4 nitrogen and oxygen atoms in total. The fourth-order valence-electron chi connectivity index (χ4n) is 1.06. The summed E-state index contributed by atoms with van der Waals surface area (Å²) in [5.74, 6) is 0. The number of aromatic nitrogens is 2. The number of anilines is 1. The third-order valence-electron chi connectivity index (χ3n) is 1.85. The zero-order chi connectivity index (χ0) is 12.9. The Morgan fingerprint density at radius 1 is 1.35 bits per heavy atom. The molecule has 17 heavy (non-hydrogen) atoms. The van der Waals surface area contributed by atoms with Gasteiger partial charge in [-0.25, -0.2) is 0 Å². The highest BCUT2D eigenvalue weighted by atomic mass is 79.9. The van der Waals surface area contributed by atoms with E-state index in [0.29, 0.717) is 36.4 Å². The second-order valence-electron chi connectivity index (χ2n) is 3.06. The lowest BCUT2D eigenvalue weighted by molar-refractivity contribution is -0.138. The van der Waals surface area contributed by atoms with E-state index in [1.807, 2.05) is 0 Å². The Morgan fingerprint density at radius 2 is 2.06 bits per heavy atom. The monoisotopic (exact) mass is 333 g/mol. The summed E-state index contributed by atoms with van der Waals surface area (Å²) < 4.78 is 42.0. The van der Waals surface area contributed by atoms with Crippen molar-refractivity contribution in [1.29, 1.82) is 0 Å². The van der Waals surface area contributed by atoms with Crippen molar-refractivity contribution in [1.82, 2.24) is 10.2 Å². The molecule has 1 heterocycles. The molecule has 0 aliphatic heterocycles. The predicted octanol–water partition coefficient (Wildman–Crippen LogP) is 2.40. The topological polar surface area (TPSA) is 38.2 Å². The Labute approximate surface area is 109 Å². The van der Waals surface area contributed by atoms with Crippen LogP contribution in [0.4, 0.5) is 18.3 Å². The molecular formula is C8H11BrF3N3OS. The Kier molecular flexibility index (Phi) is 5.60. The van der Waals surface area contributed by atoms with Gasteiger partial charge >= 0.3 is 6.18 Å². The summed E-state index contributed by atoms with van der Waals surface area (Å²) in [5.41, 5.74) is 0. The molecule has 1 aromatic rings. The normalized spacial score (nSPS) is 11.8. The fourth-order valence-corrected chi connectivity index (χ4v) is 2.26. The van der Waals surface area contributed by atoms with Crippen LogP contribution in [0.25, 0.3) is 0 Å². The molecule has 0 radical (unpaired) electrons. The molecule has 0 N–H and O–H groups in total. The van der Waals surface area contributed by atoms with Crippen molar-refractivity contribution in [3.63, 3.8) is 0 Å². The number of halogens is 4. The van der Waals surface area contributed by atoms with Crippen molar-refractivity contribution in [2.24, 2.45) is 0 Å². The number of methoxy groups -OCH3 is 1. The molecule has 1 aromatic heterocycles. The van der Waals surface area contributed by atoms with E-state index in [-0.39, 0.29) is 5.13 Å². The molecule has 0 aliphatic carbocycles. The average Bonchev–Trinajstić information content (AvgIpc) is 2.72. The largest absolute Gasteiger partial charge is 0.445 e. The summed E-state index contributed by atoms with van der Waals surface area (Å²) in [6, 6.07) is 0. The summed E-state index contributed by atoms with van der Waals surface area (Å²) >= 11 is 3.78. The van der Waals surface area contributed by atoms with Crippen LogP contribution in [0.1, 0.15) is 5.01 Å². The third-order valence-corrected chi connectivity index (χ3v) is 3.23. The highest BCUT2D eigenvalue weighted by Crippen LogP contribution is 2.34. The molecule has 0 atom stereocenters. The Morgan fingerprint density at radius 3 is 2.53 bits per heavy atom. The van der Waals surface area contributed by atoms with Gasteiger partial charge in [0.25, 0.3) is 0 Å². The maximum Gasteiger partial charge on any atom is 0.445 e. The average molecular weight is 334 g/mol. The number of hydrogen-bond acceptors (Lipinski definition) is 5. The number of alkyl halides is 4. The van der Waals surface area contributed by atoms with Crippen LogP contribution < -0.4 is 4.90 Å². The van der Waals surface area contributed by atoms with Crippen molar-refractivity contribution in [3.8, 4) is 0 Å². The van der Waals surface area contributed by atoms with Gasteiger partial charge in [-0.15, -0.1) is 10.2 Å². The van der Waals surface area contributed by atoms with E-state index in [4.69, 9.17) is 4.74 Å². The maximum absolute atomic E-state index is 12.4. The van der Waals surface area contributed by atoms with Gasteiger partial charge in [0.05, 0.1) is 6.61 Å². The van der Waals surface area contributed by atoms with Gasteiger partial charge in [0.2, 0.25) is 10.1 Å². The fraction of sp³-hybridized carbons (Fsp3) is 0.750. The van der Waals surface area contributed by atoms with Gasteiger partial charge in [-0.2, -0.15) is 13.2 Å². The summed E-state index contributed by atoms with van der Waals surface area (Å²) in [4.78, 5) is 1.70. The van der Waals surface area contributed by atoms with Gasteiger partial charge < -0.3 is 9.64 Å². The highest BCUT2D eigenvalue weighted by Gasteiger charge is 2.36. The summed E-state index contributed by atoms with van der Waals surface area (Å²) in [6.45, 7) is 1.46. The molecule has 98 valence electrons. The number of hydrogen-bond donors (Lipinski definition) is 0. The van der Waals surface area contributed by atoms with Crippen LogP contribution >= 0.6 is 27.3 Å². The third kappa shape index (κ3) is 4.40. The van der Waals surface area contributed by atoms with E-state index < -0.39 is 11.2 Å². The molecular weight excluding hydrogens is 323 g/mol. The zero-order valence-electron chi connectivity index (χ0n) is 9.00. The van der Waals surface area contributed by atoms with E-state index in [9.17, 15) is 13.2 Å². The first-order chi connectivity index (χ1) is 7.99. The zero-order valence-corrected chi connectivity index (χ0v) is 11.4. The number of ether oxygens (including phenoxy) is 1. The van der Waals surface area contributed by atoms with Crippen molar-refractivity contribution < 1.29 is 17.9 Å². The van der Waals surface area contributed by atoms with E-state index in [1.165, 1.54) is 7.11 Å². The Balaban J connectivity index is 2.76. The van der Waals surface area contributed by atoms with Crippen molar-refractivity contribution in [3.05, 3.63) is 5.01 Å². The molecule has 0 bridgehead atoms. The lowest BCUT2D eigenvalue weighted by atomic mass is 10.5. The molecule has 1 rings (SSSR count). The highest BCUT2D eigenvalue weighted by molar-refractivity contribution is 9.09. The molecule has 0 fully saturated rings. The second kappa shape index (κ2) is 6.50. The first-order valence-corrected chi connectivity index (χ1v) is 6.63. The predicted molar refractivity (Wildman–Crippen MR) is 62.8 cm³/mol. The van der Waals surface area contributed by atoms with Crippen LogP contribution in [0, 0.1) is 0 Å². The molecule has 0 saturated carbocycles. The second-order valence-corrected chi connectivity index (χ2v) is 4.81. The van der Waals surface area contributed by atoms with Crippen LogP contribution in [0.5, 0.6) is 0 Å². The molecule has 0 spiro atoms. The van der Waals surface area contributed by atoms with Crippen LogP contribution in [-0.2, 0) is 10.9 Å². The van der Waals surface area contributed by atoms with Crippen molar-refractivity contribution in [2.75, 3.05) is 37.0 Å². The Bertz CT molecular complexity index is 347. The van der Waals surface area contributed by atoms with Crippen LogP contribution in [0.3, 0.4) is 0 Å². The smallest absolute Gasteiger partial charge is 0.383 e. The Hall–Kier alpha value is -0.410. The van der Waals surface area contributed by atoms with E-state index in [1.54, 1.807) is 4.90 Å². The summed E-state index contributed by atoms with van der Waals surface area (Å²) in [6.07, 6.45) is -4.43. The van der Waals surface area contributed by atoms with Gasteiger partial charge in [-0.1, -0.05) is 27.3 Å². The maximum atomic E-state index is 12.4. The molecule has 0 aromatic carbocycles. The molecule has 0 amide bonds. The number of rotatable bonds is 6. The van der Waals surface area contributed by atoms with Gasteiger partial charge in [0.1, 0.15) is 0 Å². The van der Waals surface area contributed by atoms with Crippen LogP contribution in [0.15, 0.2) is 0 Å². The lowest BCUT2D eigenvalue weighted by Gasteiger charge is -2.19. The quantitative estimate of drug-likeness (QED) is 0.749. The standard InChI is InChI=1S/C8H11BrF3N3OS/c1-16-5-4-15(3-2-9)7-14-13-6(17-7)8(10,11)12/h2-5H2,1H3. The summed E-state index contributed by atoms with van der Waals surface area (Å²) in [5, 5.41) is 6.67. The van der Waals surface area contributed by atoms with Crippen molar-refractivity contribution >= 4 is 32.4 Å². The molecule has 0 aliphatic rings. The van der Waals surface area contributed by atoms with Gasteiger partial charge in [0, 0.05) is 25.5 Å². The van der Waals surface area contributed by atoms with Gasteiger partial charge in [-0.3, -0.25) is 0 Å². The minimum atomic E-state index is -4.43. The SMILES string of the molecule is COCCN(CCBr)c1nnc(C(F)(F)F)s1. The molecule has 9 heteroatoms. The van der Waals surface area contributed by atoms with E-state index in [0.717, 1.165) is 0 Å². The van der Waals surface area contributed by atoms with E-state index >= 15 is 0 Å². The van der Waals surface area contributed by atoms with Crippen LogP contribution in [-0.4, -0.2) is 42.3 Å². The van der Waals surface area contributed by atoms with Gasteiger partial charge in [0.15, 0.2) is 0 Å². The van der Waals surface area contributed by atoms with Crippen molar-refractivity contribution in [2.45, 2.75) is 6.18 Å². The minimum absolute atomic E-state index is 0.258. The summed E-state index contributed by atoms with van der Waals surface area (Å²) in [7, 11) is 1.54. The van der Waals surface area contributed by atoms with E-state index in [2.05, 4.69) is 26.1 Å². The lowest BCUT2D eigenvalue weighted by Crippen LogP contribution is -2.28. The van der Waals surface area contributed by atoms with Crippen LogP contribution in [0.2, 0.25) is 0 Å². The first-order valence-electron chi connectivity index (χ1n) is 4.69. The molecule has 0 saturated heterocycles. The molecule has 0 unspecified atom stereocenters.